The lowest BCUT2D eigenvalue weighted by molar-refractivity contribution is -0.0399. The first kappa shape index (κ1) is 30.3. The molecule has 55 heavy (non-hydrogen) atoms. The van der Waals surface area contributed by atoms with Crippen LogP contribution in [0.15, 0.2) is 162 Å². The summed E-state index contributed by atoms with van der Waals surface area (Å²) in [5.74, 6) is 3.25. The third-order valence-corrected chi connectivity index (χ3v) is 14.4. The van der Waals surface area contributed by atoms with E-state index in [4.69, 9.17) is 4.42 Å². The fraction of sp³-hybridized carbons (Fsp3) is 0.192. The average molecular weight is 709 g/mol. The van der Waals surface area contributed by atoms with Crippen molar-refractivity contribution in [2.75, 3.05) is 4.90 Å². The van der Waals surface area contributed by atoms with E-state index in [-0.39, 0.29) is 5.41 Å². The Kier molecular flexibility index (Phi) is 6.06. The van der Waals surface area contributed by atoms with E-state index < -0.39 is 0 Å². The van der Waals surface area contributed by atoms with Gasteiger partial charge in [0.05, 0.1) is 11.0 Å². The lowest BCUT2D eigenvalue weighted by Crippen LogP contribution is -2.55. The highest BCUT2D eigenvalue weighted by Gasteiger charge is 2.61. The Morgan fingerprint density at radius 1 is 0.455 bits per heavy atom. The molecule has 5 aliphatic rings. The van der Waals surface area contributed by atoms with Crippen molar-refractivity contribution in [1.29, 1.82) is 0 Å². The summed E-state index contributed by atoms with van der Waals surface area (Å²) in [6.45, 7) is 0. The molecule has 0 atom stereocenters. The third-order valence-electron chi connectivity index (χ3n) is 14.4. The molecule has 3 nitrogen and oxygen atoms in total. The summed E-state index contributed by atoms with van der Waals surface area (Å²) in [5.41, 5.74) is 15.1. The molecule has 4 bridgehead atoms. The number of para-hydroxylation sites is 3. The zero-order valence-electron chi connectivity index (χ0n) is 30.7. The van der Waals surface area contributed by atoms with E-state index in [1.54, 1.807) is 11.1 Å². The van der Waals surface area contributed by atoms with Gasteiger partial charge >= 0.3 is 0 Å². The van der Waals surface area contributed by atoms with Crippen molar-refractivity contribution in [3.8, 4) is 16.8 Å². The molecule has 2 heterocycles. The summed E-state index contributed by atoms with van der Waals surface area (Å²) < 4.78 is 8.91. The zero-order valence-corrected chi connectivity index (χ0v) is 30.7. The number of benzene rings is 7. The minimum Gasteiger partial charge on any atom is -0.456 e. The molecule has 3 heteroatoms. The van der Waals surface area contributed by atoms with E-state index in [0.717, 1.165) is 50.8 Å². The van der Waals surface area contributed by atoms with Crippen molar-refractivity contribution in [2.24, 2.45) is 23.7 Å². The van der Waals surface area contributed by atoms with Crippen LogP contribution in [0.2, 0.25) is 0 Å². The Bertz CT molecular complexity index is 2940. The van der Waals surface area contributed by atoms with Crippen LogP contribution in [0.3, 0.4) is 0 Å². The molecule has 5 aliphatic carbocycles. The highest BCUT2D eigenvalue weighted by molar-refractivity contribution is 6.09. The minimum absolute atomic E-state index is 0.101. The number of anilines is 3. The van der Waals surface area contributed by atoms with Crippen molar-refractivity contribution < 1.29 is 4.42 Å². The smallest absolute Gasteiger partial charge is 0.137 e. The second kappa shape index (κ2) is 11.0. The average Bonchev–Trinajstić information content (AvgIpc) is 3.86. The number of hydrogen-bond acceptors (Lipinski definition) is 2. The summed E-state index contributed by atoms with van der Waals surface area (Å²) in [6.07, 6.45) is 6.97. The number of hydrogen-bond donors (Lipinski definition) is 0. The van der Waals surface area contributed by atoms with Gasteiger partial charge in [0.2, 0.25) is 0 Å². The molecule has 0 unspecified atom stereocenters. The molecule has 4 saturated carbocycles. The molecule has 0 amide bonds. The maximum Gasteiger partial charge on any atom is 0.137 e. The standard InChI is InChI=1S/C52H40N2O/c1-5-13-46-40(9-1)41-23-21-38(30-47(41)52(46)34-26-32-25-33(28-34)29-35(52)27-32)53(39-22-24-45-44-12-4-8-16-50(44)55-51(45)31-39)36-17-19-37(20-18-36)54-48-14-6-2-10-42(48)43-11-3-7-15-49(43)54/h1-24,30-35H,25-29H2. The van der Waals surface area contributed by atoms with E-state index in [1.807, 2.05) is 0 Å². The molecule has 9 aromatic rings. The number of furan rings is 1. The van der Waals surface area contributed by atoms with Gasteiger partial charge in [-0.25, -0.2) is 0 Å². The van der Waals surface area contributed by atoms with E-state index >= 15 is 0 Å². The minimum atomic E-state index is 0.101. The molecule has 1 spiro atoms. The van der Waals surface area contributed by atoms with Crippen LogP contribution < -0.4 is 4.90 Å². The summed E-state index contributed by atoms with van der Waals surface area (Å²) in [7, 11) is 0. The Labute approximate surface area is 320 Å². The molecule has 2 aromatic heterocycles. The van der Waals surface area contributed by atoms with Crippen LogP contribution in [0.1, 0.15) is 43.2 Å². The zero-order chi connectivity index (χ0) is 35.8. The number of rotatable bonds is 4. The monoisotopic (exact) mass is 708 g/mol. The topological polar surface area (TPSA) is 21.3 Å². The van der Waals surface area contributed by atoms with E-state index in [9.17, 15) is 0 Å². The Morgan fingerprint density at radius 3 is 1.76 bits per heavy atom. The molecule has 0 saturated heterocycles. The van der Waals surface area contributed by atoms with Crippen LogP contribution in [-0.4, -0.2) is 4.57 Å². The highest BCUT2D eigenvalue weighted by atomic mass is 16.3. The summed E-state index contributed by atoms with van der Waals surface area (Å²) in [5, 5.41) is 4.87. The van der Waals surface area contributed by atoms with Crippen molar-refractivity contribution in [3.63, 3.8) is 0 Å². The fourth-order valence-electron chi connectivity index (χ4n) is 12.5. The maximum absolute atomic E-state index is 6.51. The molecule has 0 aliphatic heterocycles. The van der Waals surface area contributed by atoms with Crippen molar-refractivity contribution in [1.82, 2.24) is 4.57 Å². The molecule has 0 N–H and O–H groups in total. The lowest BCUT2D eigenvalue weighted by Gasteiger charge is -2.61. The van der Waals surface area contributed by atoms with Gasteiger partial charge in [0, 0.05) is 55.8 Å². The number of aromatic nitrogens is 1. The van der Waals surface area contributed by atoms with Crippen LogP contribution in [0, 0.1) is 23.7 Å². The van der Waals surface area contributed by atoms with Crippen LogP contribution in [0.4, 0.5) is 17.1 Å². The second-order valence-corrected chi connectivity index (χ2v) is 16.9. The Hall–Kier alpha value is -6.06. The van der Waals surface area contributed by atoms with E-state index in [2.05, 4.69) is 167 Å². The summed E-state index contributed by atoms with van der Waals surface area (Å²) in [4.78, 5) is 2.47. The molecular weight excluding hydrogens is 669 g/mol. The van der Waals surface area contributed by atoms with Gasteiger partial charge in [0.15, 0.2) is 0 Å². The predicted molar refractivity (Wildman–Crippen MR) is 226 cm³/mol. The molecule has 0 radical (unpaired) electrons. The lowest BCUT2D eigenvalue weighted by atomic mass is 9.43. The van der Waals surface area contributed by atoms with E-state index in [1.165, 1.54) is 70.7 Å². The van der Waals surface area contributed by atoms with Crippen LogP contribution in [-0.2, 0) is 5.41 Å². The SMILES string of the molecule is c1ccc2c(c1)-c1ccc(N(c3ccc(-n4c5ccccc5c5ccccc54)cc3)c3ccc4c(c3)oc3ccccc34)cc1C21C2CC3CC(C2)CC1C3. The van der Waals surface area contributed by atoms with E-state index in [0.29, 0.717) is 11.8 Å². The van der Waals surface area contributed by atoms with Gasteiger partial charge in [-0.3, -0.25) is 0 Å². The van der Waals surface area contributed by atoms with Gasteiger partial charge < -0.3 is 13.9 Å². The van der Waals surface area contributed by atoms with Gasteiger partial charge in [-0.05, 0) is 145 Å². The van der Waals surface area contributed by atoms with Gasteiger partial charge in [0.25, 0.3) is 0 Å². The quantitative estimate of drug-likeness (QED) is 0.181. The van der Waals surface area contributed by atoms with Gasteiger partial charge in [-0.15, -0.1) is 0 Å². The third kappa shape index (κ3) is 4.06. The predicted octanol–water partition coefficient (Wildman–Crippen LogP) is 13.9. The molecule has 7 aromatic carbocycles. The normalized spacial score (nSPS) is 23.3. The van der Waals surface area contributed by atoms with Gasteiger partial charge in [-0.1, -0.05) is 84.9 Å². The van der Waals surface area contributed by atoms with Gasteiger partial charge in [0.1, 0.15) is 11.2 Å². The fourth-order valence-corrected chi connectivity index (χ4v) is 12.5. The molecular formula is C52H40N2O. The highest BCUT2D eigenvalue weighted by Crippen LogP contribution is 2.69. The van der Waals surface area contributed by atoms with Crippen molar-refractivity contribution in [2.45, 2.75) is 37.5 Å². The first-order valence-electron chi connectivity index (χ1n) is 20.3. The molecule has 14 rings (SSSR count). The Morgan fingerprint density at radius 2 is 1.02 bits per heavy atom. The van der Waals surface area contributed by atoms with Crippen molar-refractivity contribution in [3.05, 3.63) is 169 Å². The van der Waals surface area contributed by atoms with Gasteiger partial charge in [-0.2, -0.15) is 0 Å². The first-order chi connectivity index (χ1) is 27.2. The first-order valence-corrected chi connectivity index (χ1v) is 20.3. The maximum atomic E-state index is 6.51. The van der Waals surface area contributed by atoms with Crippen molar-refractivity contribution >= 4 is 60.8 Å². The summed E-state index contributed by atoms with van der Waals surface area (Å²) in [6, 6.07) is 58.7. The number of nitrogens with zero attached hydrogens (tertiary/aromatic N) is 2. The molecule has 264 valence electrons. The Balaban J connectivity index is 1.01. The largest absolute Gasteiger partial charge is 0.456 e. The number of fused-ring (bicyclic) bond motifs is 9. The second-order valence-electron chi connectivity index (χ2n) is 16.9. The van der Waals surface area contributed by atoms with Crippen LogP contribution >= 0.6 is 0 Å². The van der Waals surface area contributed by atoms with Crippen LogP contribution in [0.5, 0.6) is 0 Å². The summed E-state index contributed by atoms with van der Waals surface area (Å²) >= 11 is 0. The van der Waals surface area contributed by atoms with Crippen LogP contribution in [0.25, 0.3) is 60.6 Å². The molecule has 4 fully saturated rings.